The molecule has 0 amide bonds. The molecule has 0 aliphatic carbocycles. The first-order chi connectivity index (χ1) is 7.25. The summed E-state index contributed by atoms with van der Waals surface area (Å²) >= 11 is 5.88. The minimum atomic E-state index is 0.811. The van der Waals surface area contributed by atoms with Crippen molar-refractivity contribution in [2.75, 3.05) is 38.1 Å². The second-order valence-electron chi connectivity index (χ2n) is 4.12. The predicted molar refractivity (Wildman–Crippen MR) is 65.8 cm³/mol. The summed E-state index contributed by atoms with van der Waals surface area (Å²) < 4.78 is 0. The lowest BCUT2D eigenvalue weighted by Gasteiger charge is -2.22. The van der Waals surface area contributed by atoms with Crippen LogP contribution in [0.2, 0.25) is 5.02 Å². The highest BCUT2D eigenvalue weighted by Gasteiger charge is 2.11. The summed E-state index contributed by atoms with van der Waals surface area (Å²) in [5.41, 5.74) is 1.29. The molecule has 3 heteroatoms. The maximum atomic E-state index is 5.88. The summed E-state index contributed by atoms with van der Waals surface area (Å²) in [5, 5.41) is 0.811. The summed E-state index contributed by atoms with van der Waals surface area (Å²) in [7, 11) is 2.19. The van der Waals surface area contributed by atoms with Gasteiger partial charge < -0.3 is 9.80 Å². The molecule has 0 aromatic heterocycles. The quantitative estimate of drug-likeness (QED) is 0.723. The number of nitrogens with zero attached hydrogens (tertiary/aromatic N) is 2. The van der Waals surface area contributed by atoms with Crippen molar-refractivity contribution in [3.63, 3.8) is 0 Å². The Balaban J connectivity index is 2.06. The maximum Gasteiger partial charge on any atom is 0.0407 e. The molecule has 2 nitrogen and oxygen atoms in total. The summed E-state index contributed by atoms with van der Waals surface area (Å²) in [4.78, 5) is 4.82. The highest BCUT2D eigenvalue weighted by Crippen LogP contribution is 2.19. The standard InChI is InChI=1S/C12H17ClN2/c1-14-7-2-8-15(10-9-14)12-5-3-11(13)4-6-12/h3-6H,2,7-10H2,1H3. The Morgan fingerprint density at radius 3 is 2.47 bits per heavy atom. The lowest BCUT2D eigenvalue weighted by Crippen LogP contribution is -2.28. The van der Waals surface area contributed by atoms with Crippen molar-refractivity contribution in [3.05, 3.63) is 29.3 Å². The first-order valence-corrected chi connectivity index (χ1v) is 5.82. The third-order valence-electron chi connectivity index (χ3n) is 2.91. The van der Waals surface area contributed by atoms with Gasteiger partial charge in [-0.2, -0.15) is 0 Å². The van der Waals surface area contributed by atoms with Crippen molar-refractivity contribution in [2.24, 2.45) is 0 Å². The van der Waals surface area contributed by atoms with Gasteiger partial charge >= 0.3 is 0 Å². The largest absolute Gasteiger partial charge is 0.370 e. The fourth-order valence-electron chi connectivity index (χ4n) is 1.96. The summed E-state index contributed by atoms with van der Waals surface area (Å²) in [5.74, 6) is 0. The number of rotatable bonds is 1. The van der Waals surface area contributed by atoms with E-state index in [4.69, 9.17) is 11.6 Å². The Morgan fingerprint density at radius 1 is 1.00 bits per heavy atom. The molecule has 0 radical (unpaired) electrons. The van der Waals surface area contributed by atoms with Gasteiger partial charge in [0.15, 0.2) is 0 Å². The van der Waals surface area contributed by atoms with Gasteiger partial charge in [0.05, 0.1) is 0 Å². The number of halogens is 1. The first kappa shape index (κ1) is 10.8. The smallest absolute Gasteiger partial charge is 0.0407 e. The van der Waals surface area contributed by atoms with Crippen molar-refractivity contribution in [1.29, 1.82) is 0 Å². The highest BCUT2D eigenvalue weighted by molar-refractivity contribution is 6.30. The molecule has 15 heavy (non-hydrogen) atoms. The van der Waals surface area contributed by atoms with E-state index in [9.17, 15) is 0 Å². The topological polar surface area (TPSA) is 6.48 Å². The van der Waals surface area contributed by atoms with Crippen LogP contribution in [0.1, 0.15) is 6.42 Å². The lowest BCUT2D eigenvalue weighted by molar-refractivity contribution is 0.360. The molecule has 1 heterocycles. The van der Waals surface area contributed by atoms with Gasteiger partial charge in [-0.25, -0.2) is 0 Å². The second-order valence-corrected chi connectivity index (χ2v) is 4.56. The van der Waals surface area contributed by atoms with E-state index in [1.807, 2.05) is 12.1 Å². The van der Waals surface area contributed by atoms with Crippen molar-refractivity contribution >= 4 is 17.3 Å². The molecule has 0 atom stereocenters. The Kier molecular flexibility index (Phi) is 3.49. The Morgan fingerprint density at radius 2 is 1.73 bits per heavy atom. The number of anilines is 1. The van der Waals surface area contributed by atoms with Gasteiger partial charge in [-0.1, -0.05) is 11.6 Å². The molecule has 0 saturated carbocycles. The molecular formula is C12H17ClN2. The molecule has 1 aromatic rings. The van der Waals surface area contributed by atoms with Crippen LogP contribution >= 0.6 is 11.6 Å². The highest BCUT2D eigenvalue weighted by atomic mass is 35.5. The van der Waals surface area contributed by atoms with Crippen LogP contribution < -0.4 is 4.90 Å². The molecule has 2 rings (SSSR count). The second kappa shape index (κ2) is 4.86. The zero-order valence-electron chi connectivity index (χ0n) is 9.12. The van der Waals surface area contributed by atoms with E-state index in [1.165, 1.54) is 18.7 Å². The average molecular weight is 225 g/mol. The minimum absolute atomic E-state index is 0.811. The van der Waals surface area contributed by atoms with Crippen LogP contribution in [0.4, 0.5) is 5.69 Å². The van der Waals surface area contributed by atoms with Crippen LogP contribution in [0.3, 0.4) is 0 Å². The fraction of sp³-hybridized carbons (Fsp3) is 0.500. The van der Waals surface area contributed by atoms with E-state index < -0.39 is 0 Å². The summed E-state index contributed by atoms with van der Waals surface area (Å²) in [6.45, 7) is 4.59. The van der Waals surface area contributed by atoms with Gasteiger partial charge in [0.25, 0.3) is 0 Å². The van der Waals surface area contributed by atoms with Crippen LogP contribution in [-0.4, -0.2) is 38.1 Å². The zero-order chi connectivity index (χ0) is 10.7. The molecule has 0 N–H and O–H groups in total. The molecule has 1 fully saturated rings. The molecule has 1 aliphatic heterocycles. The maximum absolute atomic E-state index is 5.88. The molecule has 82 valence electrons. The van der Waals surface area contributed by atoms with Crippen LogP contribution in [0, 0.1) is 0 Å². The molecule has 0 bridgehead atoms. The molecule has 0 spiro atoms. The van der Waals surface area contributed by atoms with E-state index in [-0.39, 0.29) is 0 Å². The van der Waals surface area contributed by atoms with E-state index in [0.29, 0.717) is 0 Å². The van der Waals surface area contributed by atoms with Crippen molar-refractivity contribution in [1.82, 2.24) is 4.90 Å². The van der Waals surface area contributed by atoms with Gasteiger partial charge in [0.1, 0.15) is 0 Å². The van der Waals surface area contributed by atoms with Crippen molar-refractivity contribution in [2.45, 2.75) is 6.42 Å². The summed E-state index contributed by atoms with van der Waals surface area (Å²) in [6.07, 6.45) is 1.24. The Bertz CT molecular complexity index is 310. The van der Waals surface area contributed by atoms with E-state index in [0.717, 1.165) is 24.7 Å². The third-order valence-corrected chi connectivity index (χ3v) is 3.16. The van der Waals surface area contributed by atoms with Gasteiger partial charge in [-0.05, 0) is 44.3 Å². The number of hydrogen-bond acceptors (Lipinski definition) is 2. The molecule has 0 unspecified atom stereocenters. The Hall–Kier alpha value is -0.730. The molecule has 1 aromatic carbocycles. The monoisotopic (exact) mass is 224 g/mol. The zero-order valence-corrected chi connectivity index (χ0v) is 9.87. The SMILES string of the molecule is CN1CCCN(c2ccc(Cl)cc2)CC1. The van der Waals surface area contributed by atoms with Gasteiger partial charge in [0, 0.05) is 30.3 Å². The van der Waals surface area contributed by atoms with E-state index >= 15 is 0 Å². The normalized spacial score (nSPS) is 18.9. The third kappa shape index (κ3) is 2.86. The van der Waals surface area contributed by atoms with Crippen LogP contribution in [0.25, 0.3) is 0 Å². The molecule has 1 aliphatic rings. The van der Waals surface area contributed by atoms with Crippen molar-refractivity contribution < 1.29 is 0 Å². The summed E-state index contributed by atoms with van der Waals surface area (Å²) in [6, 6.07) is 8.14. The van der Waals surface area contributed by atoms with Crippen LogP contribution in [0.15, 0.2) is 24.3 Å². The predicted octanol–water partition coefficient (Wildman–Crippen LogP) is 2.48. The molecular weight excluding hydrogens is 208 g/mol. The Labute approximate surface area is 96.4 Å². The van der Waals surface area contributed by atoms with E-state index in [2.05, 4.69) is 29.0 Å². The average Bonchev–Trinajstić information content (AvgIpc) is 2.44. The number of benzene rings is 1. The van der Waals surface area contributed by atoms with Gasteiger partial charge in [-0.3, -0.25) is 0 Å². The number of likely N-dealkylation sites (N-methyl/N-ethyl adjacent to an activating group) is 1. The van der Waals surface area contributed by atoms with E-state index in [1.54, 1.807) is 0 Å². The molecule has 1 saturated heterocycles. The lowest BCUT2D eigenvalue weighted by atomic mass is 10.2. The first-order valence-electron chi connectivity index (χ1n) is 5.45. The van der Waals surface area contributed by atoms with Crippen LogP contribution in [0.5, 0.6) is 0 Å². The van der Waals surface area contributed by atoms with Crippen molar-refractivity contribution in [3.8, 4) is 0 Å². The fourth-order valence-corrected chi connectivity index (χ4v) is 2.08. The van der Waals surface area contributed by atoms with Gasteiger partial charge in [-0.15, -0.1) is 0 Å². The number of hydrogen-bond donors (Lipinski definition) is 0. The minimum Gasteiger partial charge on any atom is -0.370 e. The van der Waals surface area contributed by atoms with Gasteiger partial charge in [0.2, 0.25) is 0 Å². The van der Waals surface area contributed by atoms with Crippen LogP contribution in [-0.2, 0) is 0 Å².